The van der Waals surface area contributed by atoms with Crippen molar-refractivity contribution in [3.8, 4) is 0 Å². The third-order valence-electron chi connectivity index (χ3n) is 3.26. The maximum Gasteiger partial charge on any atom is 0.166 e. The van der Waals surface area contributed by atoms with Crippen molar-refractivity contribution in [1.29, 1.82) is 0 Å². The molecule has 3 heteroatoms. The van der Waals surface area contributed by atoms with Crippen LogP contribution in [-0.2, 0) is 6.54 Å². The molecule has 2 rings (SSSR count). The lowest BCUT2D eigenvalue weighted by Gasteiger charge is -2.15. The molecule has 0 radical (unpaired) electrons. The Morgan fingerprint density at radius 2 is 1.88 bits per heavy atom. The van der Waals surface area contributed by atoms with Crippen molar-refractivity contribution in [2.45, 2.75) is 45.2 Å². The minimum absolute atomic E-state index is 0.591. The van der Waals surface area contributed by atoms with Crippen molar-refractivity contribution in [1.82, 2.24) is 10.6 Å². The van der Waals surface area contributed by atoms with Crippen LogP contribution in [0.3, 0.4) is 0 Å². The van der Waals surface area contributed by atoms with E-state index in [0.29, 0.717) is 6.04 Å². The van der Waals surface area contributed by atoms with Gasteiger partial charge in [0.2, 0.25) is 0 Å². The largest absolute Gasteiger partial charge is 0.360 e. The lowest BCUT2D eigenvalue weighted by Crippen LogP contribution is -2.40. The third kappa shape index (κ3) is 4.00. The van der Waals surface area contributed by atoms with E-state index in [9.17, 15) is 0 Å². The van der Waals surface area contributed by atoms with Crippen molar-refractivity contribution < 1.29 is 0 Å². The molecule has 0 saturated heterocycles. The number of hydrogen-bond acceptors (Lipinski definition) is 1. The summed E-state index contributed by atoms with van der Waals surface area (Å²) in [4.78, 5) is 0. The Kier molecular flexibility index (Phi) is 4.37. The van der Waals surface area contributed by atoms with Crippen LogP contribution in [-0.4, -0.2) is 11.2 Å². The Balaban J connectivity index is 1.73. The van der Waals surface area contributed by atoms with Crippen LogP contribution in [0.4, 0.5) is 0 Å². The summed E-state index contributed by atoms with van der Waals surface area (Å²) < 4.78 is 0. The highest BCUT2D eigenvalue weighted by Crippen LogP contribution is 2.17. The Hall–Kier alpha value is -1.09. The molecule has 0 bridgehead atoms. The SMILES string of the molecule is Cc1ccc(CNC(=S)NC2CCCC2)cc1. The predicted molar refractivity (Wildman–Crippen MR) is 76.0 cm³/mol. The molecule has 1 fully saturated rings. The zero-order chi connectivity index (χ0) is 12.1. The maximum atomic E-state index is 5.29. The van der Waals surface area contributed by atoms with Gasteiger partial charge < -0.3 is 10.6 Å². The minimum atomic E-state index is 0.591. The summed E-state index contributed by atoms with van der Waals surface area (Å²) in [5.41, 5.74) is 2.56. The van der Waals surface area contributed by atoms with Gasteiger partial charge in [-0.1, -0.05) is 42.7 Å². The standard InChI is InChI=1S/C14H20N2S/c1-11-6-8-12(9-7-11)10-15-14(17)16-13-4-2-3-5-13/h6-9,13H,2-5,10H2,1H3,(H2,15,16,17). The zero-order valence-corrected chi connectivity index (χ0v) is 11.1. The Morgan fingerprint density at radius 1 is 1.24 bits per heavy atom. The van der Waals surface area contributed by atoms with E-state index in [1.807, 2.05) is 0 Å². The van der Waals surface area contributed by atoms with E-state index < -0.39 is 0 Å². The van der Waals surface area contributed by atoms with Crippen LogP contribution >= 0.6 is 12.2 Å². The van der Waals surface area contributed by atoms with Gasteiger partial charge in [-0.15, -0.1) is 0 Å². The lowest BCUT2D eigenvalue weighted by molar-refractivity contribution is 0.621. The first kappa shape index (κ1) is 12.4. The number of benzene rings is 1. The van der Waals surface area contributed by atoms with E-state index in [4.69, 9.17) is 12.2 Å². The maximum absolute atomic E-state index is 5.29. The molecule has 17 heavy (non-hydrogen) atoms. The average molecular weight is 248 g/mol. The number of hydrogen-bond donors (Lipinski definition) is 2. The van der Waals surface area contributed by atoms with Gasteiger partial charge in [0, 0.05) is 12.6 Å². The summed E-state index contributed by atoms with van der Waals surface area (Å²) in [5, 5.41) is 7.44. The molecule has 2 N–H and O–H groups in total. The quantitative estimate of drug-likeness (QED) is 0.804. The molecule has 1 aromatic rings. The average Bonchev–Trinajstić information content (AvgIpc) is 2.81. The normalized spacial score (nSPS) is 15.8. The Morgan fingerprint density at radius 3 is 2.53 bits per heavy atom. The number of thiocarbonyl (C=S) groups is 1. The van der Waals surface area contributed by atoms with Gasteiger partial charge in [0.05, 0.1) is 0 Å². The molecule has 0 amide bonds. The third-order valence-corrected chi connectivity index (χ3v) is 3.53. The fourth-order valence-corrected chi connectivity index (χ4v) is 2.43. The second kappa shape index (κ2) is 6.01. The second-order valence-electron chi connectivity index (χ2n) is 4.79. The molecule has 0 spiro atoms. The molecular formula is C14H20N2S. The molecule has 1 saturated carbocycles. The topological polar surface area (TPSA) is 24.1 Å². The first-order chi connectivity index (χ1) is 8.24. The fraction of sp³-hybridized carbons (Fsp3) is 0.500. The van der Waals surface area contributed by atoms with Crippen LogP contribution in [0.1, 0.15) is 36.8 Å². The number of nitrogens with one attached hydrogen (secondary N) is 2. The minimum Gasteiger partial charge on any atom is -0.360 e. The van der Waals surface area contributed by atoms with E-state index in [1.165, 1.54) is 36.8 Å². The summed E-state index contributed by atoms with van der Waals surface area (Å²) in [6.07, 6.45) is 5.18. The smallest absolute Gasteiger partial charge is 0.166 e. The molecular weight excluding hydrogens is 228 g/mol. The fourth-order valence-electron chi connectivity index (χ4n) is 2.19. The van der Waals surface area contributed by atoms with Crippen LogP contribution in [0.5, 0.6) is 0 Å². The lowest BCUT2D eigenvalue weighted by atomic mass is 10.1. The van der Waals surface area contributed by atoms with E-state index in [1.54, 1.807) is 0 Å². The van der Waals surface area contributed by atoms with Crippen molar-refractivity contribution >= 4 is 17.3 Å². The summed E-state index contributed by atoms with van der Waals surface area (Å²) in [6, 6.07) is 9.13. The van der Waals surface area contributed by atoms with Gasteiger partial charge in [-0.25, -0.2) is 0 Å². The predicted octanol–water partition coefficient (Wildman–Crippen LogP) is 2.90. The van der Waals surface area contributed by atoms with Crippen LogP contribution < -0.4 is 10.6 Å². The molecule has 0 unspecified atom stereocenters. The van der Waals surface area contributed by atoms with Crippen LogP contribution in [0.2, 0.25) is 0 Å². The van der Waals surface area contributed by atoms with Gasteiger partial charge in [0.15, 0.2) is 5.11 Å². The van der Waals surface area contributed by atoms with Gasteiger partial charge in [-0.2, -0.15) is 0 Å². The summed E-state index contributed by atoms with van der Waals surface area (Å²) in [5.74, 6) is 0. The van der Waals surface area contributed by atoms with Crippen LogP contribution in [0.15, 0.2) is 24.3 Å². The Labute approximate surface area is 109 Å². The highest BCUT2D eigenvalue weighted by atomic mass is 32.1. The van der Waals surface area contributed by atoms with E-state index >= 15 is 0 Å². The van der Waals surface area contributed by atoms with Crippen LogP contribution in [0, 0.1) is 6.92 Å². The van der Waals surface area contributed by atoms with Crippen molar-refractivity contribution in [3.63, 3.8) is 0 Å². The highest BCUT2D eigenvalue weighted by Gasteiger charge is 2.14. The van der Waals surface area contributed by atoms with Crippen molar-refractivity contribution in [3.05, 3.63) is 35.4 Å². The summed E-state index contributed by atoms with van der Waals surface area (Å²) >= 11 is 5.29. The highest BCUT2D eigenvalue weighted by molar-refractivity contribution is 7.80. The van der Waals surface area contributed by atoms with Crippen LogP contribution in [0.25, 0.3) is 0 Å². The molecule has 0 heterocycles. The molecule has 1 aromatic carbocycles. The van der Waals surface area contributed by atoms with Gasteiger partial charge in [-0.3, -0.25) is 0 Å². The number of rotatable bonds is 3. The number of aryl methyl sites for hydroxylation is 1. The molecule has 1 aliphatic rings. The second-order valence-corrected chi connectivity index (χ2v) is 5.20. The first-order valence-electron chi connectivity index (χ1n) is 6.34. The Bertz CT molecular complexity index is 366. The van der Waals surface area contributed by atoms with E-state index in [2.05, 4.69) is 41.8 Å². The van der Waals surface area contributed by atoms with Gasteiger partial charge >= 0.3 is 0 Å². The molecule has 0 atom stereocenters. The first-order valence-corrected chi connectivity index (χ1v) is 6.75. The summed E-state index contributed by atoms with van der Waals surface area (Å²) in [7, 11) is 0. The van der Waals surface area contributed by atoms with Gasteiger partial charge in [-0.05, 0) is 37.5 Å². The monoisotopic (exact) mass is 248 g/mol. The van der Waals surface area contributed by atoms with Crippen molar-refractivity contribution in [2.24, 2.45) is 0 Å². The summed E-state index contributed by atoms with van der Waals surface area (Å²) in [6.45, 7) is 2.91. The van der Waals surface area contributed by atoms with Gasteiger partial charge in [0.1, 0.15) is 0 Å². The van der Waals surface area contributed by atoms with E-state index in [-0.39, 0.29) is 0 Å². The molecule has 2 nitrogen and oxygen atoms in total. The molecule has 0 aromatic heterocycles. The molecule has 92 valence electrons. The molecule has 0 aliphatic heterocycles. The van der Waals surface area contributed by atoms with E-state index in [0.717, 1.165) is 11.7 Å². The van der Waals surface area contributed by atoms with Crippen molar-refractivity contribution in [2.75, 3.05) is 0 Å². The van der Waals surface area contributed by atoms with Gasteiger partial charge in [0.25, 0.3) is 0 Å². The zero-order valence-electron chi connectivity index (χ0n) is 10.3. The molecule has 1 aliphatic carbocycles.